The number of hydrogen-bond donors (Lipinski definition) is 1. The van der Waals surface area contributed by atoms with Gasteiger partial charge in [-0.15, -0.1) is 0 Å². The Morgan fingerprint density at radius 1 is 1.13 bits per heavy atom. The van der Waals surface area contributed by atoms with Gasteiger partial charge in [-0.25, -0.2) is 0 Å². The molecular weight excluding hydrogens is 202 g/mol. The molecule has 0 fully saturated rings. The van der Waals surface area contributed by atoms with Crippen LogP contribution in [-0.4, -0.2) is 30.3 Å². The first-order valence-electron chi connectivity index (χ1n) is 6.01. The first kappa shape index (κ1) is 15.3. The zero-order valence-electron chi connectivity index (χ0n) is 11.5. The van der Waals surface area contributed by atoms with E-state index >= 15 is 0 Å². The minimum atomic E-state index is 0.354. The van der Waals surface area contributed by atoms with Crippen LogP contribution in [-0.2, 0) is 0 Å². The Morgan fingerprint density at radius 3 is 1.87 bits per heavy atom. The monoisotopic (exact) mass is 231 g/mol. The minimum Gasteiger partial charge on any atom is -0.303 e. The van der Waals surface area contributed by atoms with Crippen LogP contribution in [0.4, 0.5) is 0 Å². The van der Waals surface area contributed by atoms with Crippen LogP contribution in [0.15, 0.2) is 0 Å². The second-order valence-electron chi connectivity index (χ2n) is 6.17. The van der Waals surface area contributed by atoms with E-state index in [4.69, 9.17) is 0 Å². The molecule has 0 saturated carbocycles. The van der Waals surface area contributed by atoms with Crippen molar-refractivity contribution >= 4 is 12.6 Å². The standard InChI is InChI=1S/C13H29NS/c1-10(2)11(3)14(7)8-12(9-15)13(4,5)6/h10-12,15H,8-9H2,1-7H3. The molecule has 0 amide bonds. The topological polar surface area (TPSA) is 3.24 Å². The molecule has 0 saturated heterocycles. The summed E-state index contributed by atoms with van der Waals surface area (Å²) < 4.78 is 0. The number of thiol groups is 1. The molecule has 0 heterocycles. The molecular formula is C13H29NS. The van der Waals surface area contributed by atoms with Gasteiger partial charge >= 0.3 is 0 Å². The summed E-state index contributed by atoms with van der Waals surface area (Å²) in [7, 11) is 2.23. The quantitative estimate of drug-likeness (QED) is 0.708. The summed E-state index contributed by atoms with van der Waals surface area (Å²) in [5.41, 5.74) is 0.354. The van der Waals surface area contributed by atoms with E-state index in [-0.39, 0.29) is 0 Å². The summed E-state index contributed by atoms with van der Waals surface area (Å²) >= 11 is 4.48. The smallest absolute Gasteiger partial charge is 0.00870 e. The highest BCUT2D eigenvalue weighted by Crippen LogP contribution is 2.28. The Balaban J connectivity index is 4.31. The van der Waals surface area contributed by atoms with Crippen molar-refractivity contribution in [1.82, 2.24) is 4.90 Å². The van der Waals surface area contributed by atoms with Crippen LogP contribution >= 0.6 is 12.6 Å². The van der Waals surface area contributed by atoms with Crippen LogP contribution in [0.25, 0.3) is 0 Å². The highest BCUT2D eigenvalue weighted by Gasteiger charge is 2.26. The van der Waals surface area contributed by atoms with E-state index in [2.05, 4.69) is 66.1 Å². The summed E-state index contributed by atoms with van der Waals surface area (Å²) in [5.74, 6) is 2.35. The van der Waals surface area contributed by atoms with Gasteiger partial charge in [-0.3, -0.25) is 0 Å². The Hall–Kier alpha value is 0.310. The fourth-order valence-electron chi connectivity index (χ4n) is 1.63. The molecule has 0 aromatic rings. The number of hydrogen-bond acceptors (Lipinski definition) is 2. The second-order valence-corrected chi connectivity index (χ2v) is 6.53. The molecule has 2 heteroatoms. The van der Waals surface area contributed by atoms with Crippen molar-refractivity contribution in [3.8, 4) is 0 Å². The van der Waals surface area contributed by atoms with Crippen LogP contribution in [0.1, 0.15) is 41.5 Å². The van der Waals surface area contributed by atoms with E-state index < -0.39 is 0 Å². The van der Waals surface area contributed by atoms with Gasteiger partial charge in [0.15, 0.2) is 0 Å². The maximum atomic E-state index is 4.48. The third-order valence-corrected chi connectivity index (χ3v) is 4.05. The average Bonchev–Trinajstić information content (AvgIpc) is 2.10. The molecule has 0 N–H and O–H groups in total. The molecule has 0 rings (SSSR count). The number of rotatable bonds is 5. The van der Waals surface area contributed by atoms with Gasteiger partial charge in [-0.1, -0.05) is 34.6 Å². The number of nitrogens with zero attached hydrogens (tertiary/aromatic N) is 1. The predicted molar refractivity (Wildman–Crippen MR) is 73.7 cm³/mol. The van der Waals surface area contributed by atoms with E-state index in [0.29, 0.717) is 17.4 Å². The first-order chi connectivity index (χ1) is 6.70. The summed E-state index contributed by atoms with van der Waals surface area (Å²) in [4.78, 5) is 2.47. The molecule has 0 aliphatic rings. The van der Waals surface area contributed by atoms with Gasteiger partial charge in [-0.2, -0.15) is 12.6 Å². The lowest BCUT2D eigenvalue weighted by molar-refractivity contribution is 0.136. The Bertz CT molecular complexity index is 172. The third kappa shape index (κ3) is 5.26. The van der Waals surface area contributed by atoms with Crippen molar-refractivity contribution in [2.24, 2.45) is 17.3 Å². The van der Waals surface area contributed by atoms with Gasteiger partial charge in [-0.05, 0) is 37.0 Å². The molecule has 0 bridgehead atoms. The highest BCUT2D eigenvalue weighted by molar-refractivity contribution is 7.80. The molecule has 0 aromatic carbocycles. The Kier molecular flexibility index (Phi) is 6.27. The van der Waals surface area contributed by atoms with Crippen molar-refractivity contribution in [3.63, 3.8) is 0 Å². The van der Waals surface area contributed by atoms with E-state index in [1.807, 2.05) is 0 Å². The molecule has 2 atom stereocenters. The first-order valence-corrected chi connectivity index (χ1v) is 6.64. The largest absolute Gasteiger partial charge is 0.303 e. The van der Waals surface area contributed by atoms with Crippen molar-refractivity contribution in [2.45, 2.75) is 47.6 Å². The molecule has 92 valence electrons. The van der Waals surface area contributed by atoms with Gasteiger partial charge in [0.1, 0.15) is 0 Å². The lowest BCUT2D eigenvalue weighted by atomic mass is 9.81. The summed E-state index contributed by atoms with van der Waals surface area (Å²) in [6.45, 7) is 14.9. The van der Waals surface area contributed by atoms with Gasteiger partial charge in [0.25, 0.3) is 0 Å². The summed E-state index contributed by atoms with van der Waals surface area (Å²) in [6.07, 6.45) is 0. The van der Waals surface area contributed by atoms with Gasteiger partial charge in [0.05, 0.1) is 0 Å². The SMILES string of the molecule is CC(C)C(C)N(C)CC(CS)C(C)(C)C. The molecule has 1 nitrogen and oxygen atoms in total. The second kappa shape index (κ2) is 6.15. The van der Waals surface area contributed by atoms with E-state index in [1.54, 1.807) is 0 Å². The van der Waals surface area contributed by atoms with Crippen molar-refractivity contribution in [3.05, 3.63) is 0 Å². The van der Waals surface area contributed by atoms with Gasteiger partial charge in [0, 0.05) is 12.6 Å². The molecule has 0 spiro atoms. The Labute approximate surface area is 102 Å². The molecule has 2 unspecified atom stereocenters. The molecule has 15 heavy (non-hydrogen) atoms. The summed E-state index contributed by atoms with van der Waals surface area (Å²) in [5, 5.41) is 0. The lowest BCUT2D eigenvalue weighted by Crippen LogP contribution is -2.40. The van der Waals surface area contributed by atoms with Crippen LogP contribution in [0.3, 0.4) is 0 Å². The third-order valence-electron chi connectivity index (χ3n) is 3.61. The van der Waals surface area contributed by atoms with Crippen LogP contribution < -0.4 is 0 Å². The van der Waals surface area contributed by atoms with Crippen LogP contribution in [0.5, 0.6) is 0 Å². The molecule has 0 aromatic heterocycles. The normalized spacial score (nSPS) is 17.2. The summed E-state index contributed by atoms with van der Waals surface area (Å²) in [6, 6.07) is 0.648. The van der Waals surface area contributed by atoms with Gasteiger partial charge < -0.3 is 4.90 Å². The minimum absolute atomic E-state index is 0.354. The van der Waals surface area contributed by atoms with Crippen molar-refractivity contribution < 1.29 is 0 Å². The molecule has 0 aliphatic heterocycles. The van der Waals surface area contributed by atoms with Crippen LogP contribution in [0, 0.1) is 17.3 Å². The molecule has 0 radical (unpaired) electrons. The predicted octanol–water partition coefficient (Wildman–Crippen LogP) is 3.55. The Morgan fingerprint density at radius 2 is 1.60 bits per heavy atom. The van der Waals surface area contributed by atoms with E-state index in [1.165, 1.54) is 0 Å². The highest BCUT2D eigenvalue weighted by atomic mass is 32.1. The van der Waals surface area contributed by atoms with E-state index in [0.717, 1.165) is 18.2 Å². The van der Waals surface area contributed by atoms with Crippen molar-refractivity contribution in [2.75, 3.05) is 19.3 Å². The maximum absolute atomic E-state index is 4.48. The van der Waals surface area contributed by atoms with Crippen LogP contribution in [0.2, 0.25) is 0 Å². The van der Waals surface area contributed by atoms with Crippen molar-refractivity contribution in [1.29, 1.82) is 0 Å². The van der Waals surface area contributed by atoms with Gasteiger partial charge in [0.2, 0.25) is 0 Å². The fraction of sp³-hybridized carbons (Fsp3) is 1.00. The maximum Gasteiger partial charge on any atom is 0.00870 e. The zero-order chi connectivity index (χ0) is 12.2. The average molecular weight is 231 g/mol. The lowest BCUT2D eigenvalue weighted by Gasteiger charge is -2.36. The molecule has 0 aliphatic carbocycles. The van der Waals surface area contributed by atoms with E-state index in [9.17, 15) is 0 Å². The fourth-order valence-corrected chi connectivity index (χ4v) is 2.29. The zero-order valence-corrected chi connectivity index (χ0v) is 12.4.